The molecule has 1 aliphatic rings. The van der Waals surface area contributed by atoms with Crippen LogP contribution < -0.4 is 10.2 Å². The van der Waals surface area contributed by atoms with Crippen molar-refractivity contribution in [3.63, 3.8) is 0 Å². The average Bonchev–Trinajstić information content (AvgIpc) is 2.67. The van der Waals surface area contributed by atoms with Crippen molar-refractivity contribution in [3.05, 3.63) is 59.7 Å². The summed E-state index contributed by atoms with van der Waals surface area (Å²) in [5.41, 5.74) is 3.23. The van der Waals surface area contributed by atoms with Crippen molar-refractivity contribution in [2.24, 2.45) is 4.99 Å². The summed E-state index contributed by atoms with van der Waals surface area (Å²) >= 11 is 0. The minimum absolute atomic E-state index is 0.196. The van der Waals surface area contributed by atoms with Crippen LogP contribution in [0.1, 0.15) is 18.2 Å². The summed E-state index contributed by atoms with van der Waals surface area (Å²) in [6.07, 6.45) is 1.81. The number of aromatic nitrogens is 1. The van der Waals surface area contributed by atoms with Crippen LogP contribution in [0.25, 0.3) is 0 Å². The maximum atomic E-state index is 13.1. The summed E-state index contributed by atoms with van der Waals surface area (Å²) in [5, 5.41) is 3.38. The van der Waals surface area contributed by atoms with Crippen molar-refractivity contribution in [3.8, 4) is 0 Å². The van der Waals surface area contributed by atoms with Crippen LogP contribution in [0.3, 0.4) is 0 Å². The lowest BCUT2D eigenvalue weighted by molar-refractivity contribution is 0.372. The highest BCUT2D eigenvalue weighted by Crippen LogP contribution is 2.17. The molecule has 0 unspecified atom stereocenters. The van der Waals surface area contributed by atoms with Gasteiger partial charge in [0.05, 0.1) is 12.2 Å². The number of hydrogen-bond donors (Lipinski definition) is 1. The first-order valence-corrected chi connectivity index (χ1v) is 9.11. The summed E-state index contributed by atoms with van der Waals surface area (Å²) in [7, 11) is 0. The first kappa shape index (κ1) is 18.2. The highest BCUT2D eigenvalue weighted by molar-refractivity contribution is 5.80. The number of aryl methyl sites for hydroxylation is 1. The molecule has 2 aromatic rings. The molecule has 1 saturated heterocycles. The summed E-state index contributed by atoms with van der Waals surface area (Å²) in [5.74, 6) is 0.732. The zero-order valence-electron chi connectivity index (χ0n) is 15.5. The van der Waals surface area contributed by atoms with Crippen LogP contribution in [0.15, 0.2) is 47.6 Å². The minimum atomic E-state index is -0.196. The topological polar surface area (TPSA) is 43.8 Å². The number of halogens is 1. The maximum Gasteiger partial charge on any atom is 0.194 e. The molecule has 0 spiro atoms. The number of guanidine groups is 1. The second-order valence-corrected chi connectivity index (χ2v) is 6.39. The third kappa shape index (κ3) is 4.50. The van der Waals surface area contributed by atoms with Crippen molar-refractivity contribution in [1.82, 2.24) is 15.2 Å². The number of hydrogen-bond acceptors (Lipinski definition) is 3. The normalized spacial score (nSPS) is 15.3. The fraction of sp³-hybridized carbons (Fsp3) is 0.400. The van der Waals surface area contributed by atoms with Gasteiger partial charge in [0, 0.05) is 44.6 Å². The van der Waals surface area contributed by atoms with Gasteiger partial charge in [-0.3, -0.25) is 4.98 Å². The fourth-order valence-corrected chi connectivity index (χ4v) is 3.09. The molecule has 0 bridgehead atoms. The Balaban J connectivity index is 1.63. The Morgan fingerprint density at radius 3 is 2.54 bits per heavy atom. The van der Waals surface area contributed by atoms with E-state index < -0.39 is 0 Å². The van der Waals surface area contributed by atoms with Gasteiger partial charge >= 0.3 is 0 Å². The summed E-state index contributed by atoms with van der Waals surface area (Å²) < 4.78 is 13.1. The Hall–Kier alpha value is -2.63. The molecule has 6 heteroatoms. The van der Waals surface area contributed by atoms with Crippen molar-refractivity contribution < 1.29 is 4.39 Å². The van der Waals surface area contributed by atoms with Crippen molar-refractivity contribution >= 4 is 11.6 Å². The van der Waals surface area contributed by atoms with Gasteiger partial charge in [-0.05, 0) is 49.7 Å². The number of nitrogens with one attached hydrogen (secondary N) is 1. The van der Waals surface area contributed by atoms with E-state index in [2.05, 4.69) is 40.0 Å². The molecule has 2 heterocycles. The van der Waals surface area contributed by atoms with Gasteiger partial charge in [-0.15, -0.1) is 0 Å². The monoisotopic (exact) mass is 355 g/mol. The Morgan fingerprint density at radius 1 is 1.15 bits per heavy atom. The zero-order chi connectivity index (χ0) is 18.4. The van der Waals surface area contributed by atoms with Gasteiger partial charge in [0.15, 0.2) is 5.96 Å². The van der Waals surface area contributed by atoms with Crippen molar-refractivity contribution in [2.75, 3.05) is 37.6 Å². The van der Waals surface area contributed by atoms with E-state index in [1.165, 1.54) is 12.1 Å². The number of piperazine rings is 1. The van der Waals surface area contributed by atoms with Gasteiger partial charge in [0.25, 0.3) is 0 Å². The van der Waals surface area contributed by atoms with E-state index in [9.17, 15) is 4.39 Å². The van der Waals surface area contributed by atoms with E-state index in [1.54, 1.807) is 0 Å². The van der Waals surface area contributed by atoms with Crippen molar-refractivity contribution in [2.45, 2.75) is 20.4 Å². The molecule has 1 fully saturated rings. The Bertz CT molecular complexity index is 736. The highest BCUT2D eigenvalue weighted by Gasteiger charge is 2.20. The molecule has 0 amide bonds. The van der Waals surface area contributed by atoms with Gasteiger partial charge in [-0.2, -0.15) is 0 Å². The first-order chi connectivity index (χ1) is 12.7. The number of rotatable bonds is 4. The molecule has 5 nitrogen and oxygen atoms in total. The number of pyridine rings is 1. The lowest BCUT2D eigenvalue weighted by Crippen LogP contribution is -2.52. The van der Waals surface area contributed by atoms with Gasteiger partial charge in [0.1, 0.15) is 5.82 Å². The molecule has 0 radical (unpaired) electrons. The standard InChI is InChI=1S/C20H26FN5/c1-3-22-20(24-15-19-16(2)5-4-10-23-19)26-13-11-25(12-14-26)18-8-6-17(21)7-9-18/h4-10H,3,11-15H2,1-2H3,(H,22,24). The predicted molar refractivity (Wildman–Crippen MR) is 104 cm³/mol. The predicted octanol–water partition coefficient (Wildman–Crippen LogP) is 2.82. The molecule has 0 aliphatic carbocycles. The van der Waals surface area contributed by atoms with E-state index in [0.29, 0.717) is 6.54 Å². The summed E-state index contributed by atoms with van der Waals surface area (Å²) in [4.78, 5) is 13.8. The zero-order valence-corrected chi connectivity index (χ0v) is 15.5. The van der Waals surface area contributed by atoms with Crippen LogP contribution in [0.4, 0.5) is 10.1 Å². The number of benzene rings is 1. The molecule has 26 heavy (non-hydrogen) atoms. The molecule has 0 saturated carbocycles. The largest absolute Gasteiger partial charge is 0.368 e. The Labute approximate surface area is 154 Å². The van der Waals surface area contributed by atoms with Crippen LogP contribution in [-0.2, 0) is 6.54 Å². The summed E-state index contributed by atoms with van der Waals surface area (Å²) in [6, 6.07) is 10.7. The lowest BCUT2D eigenvalue weighted by Gasteiger charge is -2.37. The van der Waals surface area contributed by atoms with E-state index in [1.807, 2.05) is 24.4 Å². The van der Waals surface area contributed by atoms with E-state index in [0.717, 1.165) is 55.6 Å². The number of nitrogens with zero attached hydrogens (tertiary/aromatic N) is 4. The minimum Gasteiger partial charge on any atom is -0.368 e. The Kier molecular flexibility index (Phi) is 6.04. The number of anilines is 1. The van der Waals surface area contributed by atoms with Crippen LogP contribution in [-0.4, -0.2) is 48.6 Å². The molecule has 1 aromatic heterocycles. The van der Waals surface area contributed by atoms with E-state index in [-0.39, 0.29) is 5.82 Å². The third-order valence-electron chi connectivity index (χ3n) is 4.60. The second-order valence-electron chi connectivity index (χ2n) is 6.39. The van der Waals surface area contributed by atoms with Crippen LogP contribution in [0, 0.1) is 12.7 Å². The maximum absolute atomic E-state index is 13.1. The Morgan fingerprint density at radius 2 is 1.88 bits per heavy atom. The molecule has 1 N–H and O–H groups in total. The van der Waals surface area contributed by atoms with Gasteiger partial charge in [0.2, 0.25) is 0 Å². The number of aliphatic imine (C=N–C) groups is 1. The van der Waals surface area contributed by atoms with E-state index in [4.69, 9.17) is 4.99 Å². The molecule has 138 valence electrons. The van der Waals surface area contributed by atoms with Gasteiger partial charge in [-0.1, -0.05) is 6.07 Å². The fourth-order valence-electron chi connectivity index (χ4n) is 3.09. The quantitative estimate of drug-likeness (QED) is 0.677. The van der Waals surface area contributed by atoms with Crippen LogP contribution in [0.2, 0.25) is 0 Å². The summed E-state index contributed by atoms with van der Waals surface area (Å²) in [6.45, 7) is 9.08. The van der Waals surface area contributed by atoms with Crippen LogP contribution >= 0.6 is 0 Å². The second kappa shape index (κ2) is 8.65. The van der Waals surface area contributed by atoms with Crippen LogP contribution in [0.5, 0.6) is 0 Å². The molecule has 0 atom stereocenters. The average molecular weight is 355 g/mol. The highest BCUT2D eigenvalue weighted by atomic mass is 19.1. The molecular formula is C20H26FN5. The van der Waals surface area contributed by atoms with Gasteiger partial charge < -0.3 is 15.1 Å². The molecule has 1 aliphatic heterocycles. The van der Waals surface area contributed by atoms with Gasteiger partial charge in [-0.25, -0.2) is 9.38 Å². The molecule has 3 rings (SSSR count). The smallest absolute Gasteiger partial charge is 0.194 e. The molecule has 1 aromatic carbocycles. The molecular weight excluding hydrogens is 329 g/mol. The first-order valence-electron chi connectivity index (χ1n) is 9.11. The third-order valence-corrected chi connectivity index (χ3v) is 4.60. The van der Waals surface area contributed by atoms with E-state index >= 15 is 0 Å². The SMILES string of the molecule is CCNC(=NCc1ncccc1C)N1CCN(c2ccc(F)cc2)CC1. The van der Waals surface area contributed by atoms with Crippen molar-refractivity contribution in [1.29, 1.82) is 0 Å². The lowest BCUT2D eigenvalue weighted by atomic mass is 10.2.